The molecule has 0 saturated carbocycles. The zero-order chi connectivity index (χ0) is 13.9. The normalized spacial score (nSPS) is 19.1. The van der Waals surface area contributed by atoms with E-state index in [1.165, 1.54) is 6.20 Å². The second-order valence-electron chi connectivity index (χ2n) is 4.97. The van der Waals surface area contributed by atoms with Crippen LogP contribution in [0.5, 0.6) is 0 Å². The predicted octanol–water partition coefficient (Wildman–Crippen LogP) is 0.854. The van der Waals surface area contributed by atoms with Crippen molar-refractivity contribution in [2.45, 2.75) is 25.8 Å². The molecule has 1 aliphatic heterocycles. The minimum atomic E-state index is -0.0673. The lowest BCUT2D eigenvalue weighted by molar-refractivity contribution is 0.0665. The summed E-state index contributed by atoms with van der Waals surface area (Å²) >= 11 is 0. The number of carbonyl (C=O) groups is 1. The third-order valence-corrected chi connectivity index (χ3v) is 3.50. The second kappa shape index (κ2) is 5.36. The van der Waals surface area contributed by atoms with Crippen LogP contribution in [0.2, 0.25) is 0 Å². The highest BCUT2D eigenvalue weighted by atomic mass is 16.2. The summed E-state index contributed by atoms with van der Waals surface area (Å²) in [7, 11) is 0. The van der Waals surface area contributed by atoms with Gasteiger partial charge in [0.15, 0.2) is 0 Å². The Kier molecular flexibility index (Phi) is 3.41. The van der Waals surface area contributed by atoms with E-state index in [0.29, 0.717) is 12.2 Å². The third-order valence-electron chi connectivity index (χ3n) is 3.50. The number of likely N-dealkylation sites (tertiary alicyclic amines) is 1. The molecule has 0 aromatic carbocycles. The van der Waals surface area contributed by atoms with E-state index in [-0.39, 0.29) is 11.9 Å². The molecule has 2 aromatic heterocycles. The summed E-state index contributed by atoms with van der Waals surface area (Å²) in [4.78, 5) is 22.5. The molecule has 7 nitrogen and oxygen atoms in total. The van der Waals surface area contributed by atoms with Crippen molar-refractivity contribution in [2.24, 2.45) is 0 Å². The average Bonchev–Trinajstić information content (AvgIpc) is 3.02. The molecule has 1 unspecified atom stereocenters. The van der Waals surface area contributed by atoms with Gasteiger partial charge in [-0.25, -0.2) is 9.67 Å². The molecule has 3 rings (SSSR count). The zero-order valence-corrected chi connectivity index (χ0v) is 11.3. The fourth-order valence-electron chi connectivity index (χ4n) is 2.43. The SMILES string of the molecule is Cc1cnc(C(=O)N2CCCC(n3ccnn3)C2)cn1. The van der Waals surface area contributed by atoms with Gasteiger partial charge in [0.05, 0.1) is 24.1 Å². The van der Waals surface area contributed by atoms with Crippen LogP contribution in [0.1, 0.15) is 35.1 Å². The largest absolute Gasteiger partial charge is 0.335 e. The van der Waals surface area contributed by atoms with Gasteiger partial charge in [-0.15, -0.1) is 5.10 Å². The first-order valence-corrected chi connectivity index (χ1v) is 6.68. The number of hydrogen-bond acceptors (Lipinski definition) is 5. The number of amides is 1. The molecular formula is C13H16N6O. The van der Waals surface area contributed by atoms with Gasteiger partial charge in [-0.05, 0) is 19.8 Å². The van der Waals surface area contributed by atoms with Crippen LogP contribution in [0.15, 0.2) is 24.8 Å². The summed E-state index contributed by atoms with van der Waals surface area (Å²) in [5.41, 5.74) is 1.20. The Labute approximate surface area is 116 Å². The van der Waals surface area contributed by atoms with Crippen molar-refractivity contribution in [3.05, 3.63) is 36.2 Å². The van der Waals surface area contributed by atoms with Crippen LogP contribution in [-0.4, -0.2) is 48.9 Å². The van der Waals surface area contributed by atoms with Crippen LogP contribution in [0.25, 0.3) is 0 Å². The summed E-state index contributed by atoms with van der Waals surface area (Å²) in [6.45, 7) is 3.24. The Morgan fingerprint density at radius 3 is 2.95 bits per heavy atom. The molecule has 1 aliphatic rings. The van der Waals surface area contributed by atoms with Crippen molar-refractivity contribution in [3.63, 3.8) is 0 Å². The quantitative estimate of drug-likeness (QED) is 0.810. The molecule has 0 aliphatic carbocycles. The molecular weight excluding hydrogens is 256 g/mol. The van der Waals surface area contributed by atoms with Crippen LogP contribution in [0, 0.1) is 6.92 Å². The molecule has 0 radical (unpaired) electrons. The summed E-state index contributed by atoms with van der Waals surface area (Å²) in [6.07, 6.45) is 8.61. The maximum Gasteiger partial charge on any atom is 0.274 e. The van der Waals surface area contributed by atoms with Crippen molar-refractivity contribution in [2.75, 3.05) is 13.1 Å². The molecule has 3 heterocycles. The molecule has 1 saturated heterocycles. The number of piperidine rings is 1. The van der Waals surface area contributed by atoms with Gasteiger partial charge in [0.2, 0.25) is 0 Å². The van der Waals surface area contributed by atoms with E-state index in [1.807, 2.05) is 22.7 Å². The van der Waals surface area contributed by atoms with Crippen LogP contribution < -0.4 is 0 Å². The van der Waals surface area contributed by atoms with E-state index < -0.39 is 0 Å². The van der Waals surface area contributed by atoms with Crippen molar-refractivity contribution in [1.29, 1.82) is 0 Å². The third kappa shape index (κ3) is 2.52. The molecule has 1 fully saturated rings. The van der Waals surface area contributed by atoms with Crippen molar-refractivity contribution in [3.8, 4) is 0 Å². The molecule has 0 N–H and O–H groups in total. The second-order valence-corrected chi connectivity index (χ2v) is 4.97. The number of nitrogens with zero attached hydrogens (tertiary/aromatic N) is 6. The van der Waals surface area contributed by atoms with E-state index in [4.69, 9.17) is 0 Å². The summed E-state index contributed by atoms with van der Waals surface area (Å²) in [6, 6.07) is 0.189. The van der Waals surface area contributed by atoms with Gasteiger partial charge in [-0.3, -0.25) is 9.78 Å². The van der Waals surface area contributed by atoms with Gasteiger partial charge in [0.25, 0.3) is 5.91 Å². The lowest BCUT2D eigenvalue weighted by Gasteiger charge is -2.32. The fourth-order valence-corrected chi connectivity index (χ4v) is 2.43. The zero-order valence-electron chi connectivity index (χ0n) is 11.3. The minimum absolute atomic E-state index is 0.0673. The Balaban J connectivity index is 1.73. The Hall–Kier alpha value is -2.31. The summed E-state index contributed by atoms with van der Waals surface area (Å²) < 4.78 is 1.82. The first-order chi connectivity index (χ1) is 9.74. The highest BCUT2D eigenvalue weighted by molar-refractivity contribution is 5.92. The lowest BCUT2D eigenvalue weighted by atomic mass is 10.1. The number of aryl methyl sites for hydroxylation is 1. The Morgan fingerprint density at radius 1 is 1.35 bits per heavy atom. The fraction of sp³-hybridized carbons (Fsp3) is 0.462. The molecule has 7 heteroatoms. The van der Waals surface area contributed by atoms with Crippen LogP contribution in [0.3, 0.4) is 0 Å². The van der Waals surface area contributed by atoms with Gasteiger partial charge >= 0.3 is 0 Å². The minimum Gasteiger partial charge on any atom is -0.335 e. The molecule has 2 aromatic rings. The van der Waals surface area contributed by atoms with Gasteiger partial charge < -0.3 is 4.90 Å². The van der Waals surface area contributed by atoms with E-state index in [1.54, 1.807) is 12.4 Å². The van der Waals surface area contributed by atoms with E-state index in [2.05, 4.69) is 20.3 Å². The molecule has 1 atom stereocenters. The van der Waals surface area contributed by atoms with Gasteiger partial charge in [-0.1, -0.05) is 5.21 Å². The molecule has 104 valence electrons. The number of aromatic nitrogens is 5. The monoisotopic (exact) mass is 272 g/mol. The van der Waals surface area contributed by atoms with Gasteiger partial charge in [0.1, 0.15) is 5.69 Å². The predicted molar refractivity (Wildman–Crippen MR) is 71.0 cm³/mol. The van der Waals surface area contributed by atoms with Gasteiger partial charge in [-0.2, -0.15) is 0 Å². The smallest absolute Gasteiger partial charge is 0.274 e. The molecule has 0 spiro atoms. The molecule has 1 amide bonds. The number of hydrogen-bond donors (Lipinski definition) is 0. The van der Waals surface area contributed by atoms with Crippen LogP contribution >= 0.6 is 0 Å². The summed E-state index contributed by atoms with van der Waals surface area (Å²) in [5.74, 6) is -0.0673. The van der Waals surface area contributed by atoms with E-state index >= 15 is 0 Å². The van der Waals surface area contributed by atoms with Crippen molar-refractivity contribution in [1.82, 2.24) is 29.9 Å². The molecule has 0 bridgehead atoms. The van der Waals surface area contributed by atoms with E-state index in [9.17, 15) is 4.79 Å². The maximum atomic E-state index is 12.4. The molecule has 20 heavy (non-hydrogen) atoms. The average molecular weight is 272 g/mol. The first-order valence-electron chi connectivity index (χ1n) is 6.68. The van der Waals surface area contributed by atoms with E-state index in [0.717, 1.165) is 25.1 Å². The Morgan fingerprint density at radius 2 is 2.25 bits per heavy atom. The lowest BCUT2D eigenvalue weighted by Crippen LogP contribution is -2.41. The highest BCUT2D eigenvalue weighted by Crippen LogP contribution is 2.21. The van der Waals surface area contributed by atoms with Gasteiger partial charge in [0, 0.05) is 25.5 Å². The first kappa shape index (κ1) is 12.7. The van der Waals surface area contributed by atoms with Crippen LogP contribution in [0.4, 0.5) is 0 Å². The Bertz CT molecular complexity index is 579. The van der Waals surface area contributed by atoms with Crippen molar-refractivity contribution >= 4 is 5.91 Å². The highest BCUT2D eigenvalue weighted by Gasteiger charge is 2.26. The summed E-state index contributed by atoms with van der Waals surface area (Å²) in [5, 5.41) is 7.84. The van der Waals surface area contributed by atoms with Crippen LogP contribution in [-0.2, 0) is 0 Å². The maximum absolute atomic E-state index is 12.4. The van der Waals surface area contributed by atoms with Crippen molar-refractivity contribution < 1.29 is 4.79 Å². The number of rotatable bonds is 2. The standard InChI is InChI=1S/C13H16N6O/c1-10-7-15-12(8-14-10)13(20)18-5-2-3-11(9-18)19-6-4-16-17-19/h4,6-8,11H,2-3,5,9H2,1H3. The number of carbonyl (C=O) groups excluding carboxylic acids is 1. The topological polar surface area (TPSA) is 76.8 Å².